The van der Waals surface area contributed by atoms with Crippen LogP contribution in [0.25, 0.3) is 0 Å². The number of nitrogens with zero attached hydrogens (tertiary/aromatic N) is 2. The number of carbonyl (C=O) groups excluding carboxylic acids is 1. The Hall–Kier alpha value is -0.610. The molecule has 0 saturated carbocycles. The fraction of sp³-hybridized carbons (Fsp3) is 0.909. The van der Waals surface area contributed by atoms with Gasteiger partial charge in [-0.05, 0) is 19.0 Å². The lowest BCUT2D eigenvalue weighted by Crippen LogP contribution is -2.48. The van der Waals surface area contributed by atoms with Gasteiger partial charge in [-0.3, -0.25) is 4.79 Å². The first-order chi connectivity index (χ1) is 6.94. The van der Waals surface area contributed by atoms with E-state index >= 15 is 0 Å². The maximum atomic E-state index is 11.9. The summed E-state index contributed by atoms with van der Waals surface area (Å²) in [5.74, 6) is 0.249. The molecule has 0 unspecified atom stereocenters. The number of rotatable bonds is 3. The zero-order valence-corrected chi connectivity index (χ0v) is 10.1. The molecule has 15 heavy (non-hydrogen) atoms. The average Bonchev–Trinajstić information content (AvgIpc) is 2.18. The van der Waals surface area contributed by atoms with Crippen molar-refractivity contribution in [1.29, 1.82) is 0 Å². The number of hydrogen-bond donors (Lipinski definition) is 1. The Morgan fingerprint density at radius 3 is 2.27 bits per heavy atom. The van der Waals surface area contributed by atoms with Crippen molar-refractivity contribution in [3.05, 3.63) is 0 Å². The molecule has 88 valence electrons. The summed E-state index contributed by atoms with van der Waals surface area (Å²) in [5.41, 5.74) is 5.56. The fourth-order valence-corrected chi connectivity index (χ4v) is 1.65. The first kappa shape index (κ1) is 12.5. The van der Waals surface area contributed by atoms with E-state index in [1.54, 1.807) is 0 Å². The predicted octanol–water partition coefficient (Wildman–Crippen LogP) is 0.135. The van der Waals surface area contributed by atoms with E-state index in [-0.39, 0.29) is 11.3 Å². The SMILES string of the molecule is CN1CCN(C(=O)CC(C)(C)CN)CC1. The summed E-state index contributed by atoms with van der Waals surface area (Å²) in [7, 11) is 2.09. The van der Waals surface area contributed by atoms with Crippen LogP contribution in [0.2, 0.25) is 0 Å². The van der Waals surface area contributed by atoms with Gasteiger partial charge in [-0.15, -0.1) is 0 Å². The smallest absolute Gasteiger partial charge is 0.223 e. The summed E-state index contributed by atoms with van der Waals surface area (Å²) in [4.78, 5) is 16.1. The molecule has 1 saturated heterocycles. The van der Waals surface area contributed by atoms with Crippen LogP contribution < -0.4 is 5.73 Å². The highest BCUT2D eigenvalue weighted by Gasteiger charge is 2.25. The van der Waals surface area contributed by atoms with Gasteiger partial charge in [0.15, 0.2) is 0 Å². The fourth-order valence-electron chi connectivity index (χ4n) is 1.65. The minimum Gasteiger partial charge on any atom is -0.340 e. The van der Waals surface area contributed by atoms with Gasteiger partial charge in [-0.1, -0.05) is 13.8 Å². The molecule has 0 bridgehead atoms. The van der Waals surface area contributed by atoms with Crippen LogP contribution in [0, 0.1) is 5.41 Å². The van der Waals surface area contributed by atoms with Crippen LogP contribution >= 0.6 is 0 Å². The zero-order chi connectivity index (χ0) is 11.5. The zero-order valence-electron chi connectivity index (χ0n) is 10.1. The Balaban J connectivity index is 2.41. The Labute approximate surface area is 92.4 Å². The topological polar surface area (TPSA) is 49.6 Å². The molecular formula is C11H23N3O. The predicted molar refractivity (Wildman–Crippen MR) is 61.5 cm³/mol. The largest absolute Gasteiger partial charge is 0.340 e. The molecule has 0 aliphatic carbocycles. The van der Waals surface area contributed by atoms with Crippen LogP contribution in [-0.2, 0) is 4.79 Å². The van der Waals surface area contributed by atoms with Crippen molar-refractivity contribution in [3.8, 4) is 0 Å². The number of nitrogens with two attached hydrogens (primary N) is 1. The lowest BCUT2D eigenvalue weighted by molar-refractivity contribution is -0.134. The van der Waals surface area contributed by atoms with Crippen LogP contribution in [0.3, 0.4) is 0 Å². The van der Waals surface area contributed by atoms with Crippen molar-refractivity contribution in [2.75, 3.05) is 39.8 Å². The molecule has 1 aliphatic rings. The van der Waals surface area contributed by atoms with Crippen molar-refractivity contribution >= 4 is 5.91 Å². The molecule has 4 heteroatoms. The van der Waals surface area contributed by atoms with E-state index in [2.05, 4.69) is 11.9 Å². The van der Waals surface area contributed by atoms with Crippen molar-refractivity contribution in [1.82, 2.24) is 9.80 Å². The second-order valence-electron chi connectivity index (χ2n) is 5.23. The molecule has 4 nitrogen and oxygen atoms in total. The van der Waals surface area contributed by atoms with E-state index in [9.17, 15) is 4.79 Å². The van der Waals surface area contributed by atoms with Crippen LogP contribution in [0.1, 0.15) is 20.3 Å². The molecule has 0 spiro atoms. The van der Waals surface area contributed by atoms with Gasteiger partial charge in [0.2, 0.25) is 5.91 Å². The number of hydrogen-bond acceptors (Lipinski definition) is 3. The lowest BCUT2D eigenvalue weighted by atomic mass is 9.89. The molecule has 1 aliphatic heterocycles. The molecule has 0 atom stereocenters. The van der Waals surface area contributed by atoms with Gasteiger partial charge in [0.05, 0.1) is 0 Å². The second kappa shape index (κ2) is 4.94. The minimum absolute atomic E-state index is 0.0690. The Bertz CT molecular complexity index is 220. The van der Waals surface area contributed by atoms with Gasteiger partial charge in [0.1, 0.15) is 0 Å². The Morgan fingerprint density at radius 1 is 1.27 bits per heavy atom. The summed E-state index contributed by atoms with van der Waals surface area (Å²) in [6.07, 6.45) is 0.563. The third kappa shape index (κ3) is 3.80. The number of piperazine rings is 1. The Morgan fingerprint density at radius 2 is 1.80 bits per heavy atom. The monoisotopic (exact) mass is 213 g/mol. The number of amides is 1. The van der Waals surface area contributed by atoms with Gasteiger partial charge in [0.25, 0.3) is 0 Å². The minimum atomic E-state index is -0.0690. The first-order valence-electron chi connectivity index (χ1n) is 5.61. The van der Waals surface area contributed by atoms with Crippen LogP contribution in [0.15, 0.2) is 0 Å². The van der Waals surface area contributed by atoms with Crippen LogP contribution in [0.4, 0.5) is 0 Å². The molecular weight excluding hydrogens is 190 g/mol. The summed E-state index contributed by atoms with van der Waals surface area (Å²) in [5, 5.41) is 0. The van der Waals surface area contributed by atoms with Crippen molar-refractivity contribution in [2.24, 2.45) is 11.1 Å². The molecule has 0 aromatic rings. The number of carbonyl (C=O) groups is 1. The summed E-state index contributed by atoms with van der Waals surface area (Å²) in [6, 6.07) is 0. The van der Waals surface area contributed by atoms with Gasteiger partial charge < -0.3 is 15.5 Å². The van der Waals surface area contributed by atoms with Crippen LogP contribution in [0.5, 0.6) is 0 Å². The molecule has 2 N–H and O–H groups in total. The van der Waals surface area contributed by atoms with Gasteiger partial charge in [-0.2, -0.15) is 0 Å². The molecule has 0 aromatic heterocycles. The average molecular weight is 213 g/mol. The third-order valence-corrected chi connectivity index (χ3v) is 3.04. The molecule has 1 heterocycles. The maximum Gasteiger partial charge on any atom is 0.223 e. The molecule has 1 fully saturated rings. The van der Waals surface area contributed by atoms with Crippen molar-refractivity contribution in [2.45, 2.75) is 20.3 Å². The molecule has 0 aromatic carbocycles. The van der Waals surface area contributed by atoms with E-state index in [1.165, 1.54) is 0 Å². The maximum absolute atomic E-state index is 11.9. The normalized spacial score (nSPS) is 19.3. The molecule has 1 rings (SSSR count). The van der Waals surface area contributed by atoms with Gasteiger partial charge >= 0.3 is 0 Å². The number of likely N-dealkylation sites (N-methyl/N-ethyl adjacent to an activating group) is 1. The van der Waals surface area contributed by atoms with Gasteiger partial charge in [0, 0.05) is 32.6 Å². The summed E-state index contributed by atoms with van der Waals surface area (Å²) >= 11 is 0. The quantitative estimate of drug-likeness (QED) is 0.725. The second-order valence-corrected chi connectivity index (χ2v) is 5.23. The third-order valence-electron chi connectivity index (χ3n) is 3.04. The van der Waals surface area contributed by atoms with Crippen LogP contribution in [-0.4, -0.2) is 55.5 Å². The summed E-state index contributed by atoms with van der Waals surface area (Å²) in [6.45, 7) is 8.32. The van der Waals surface area contributed by atoms with E-state index in [4.69, 9.17) is 5.73 Å². The lowest BCUT2D eigenvalue weighted by Gasteiger charge is -2.34. The van der Waals surface area contributed by atoms with E-state index < -0.39 is 0 Å². The van der Waals surface area contributed by atoms with Crippen molar-refractivity contribution in [3.63, 3.8) is 0 Å². The summed E-state index contributed by atoms with van der Waals surface area (Å²) < 4.78 is 0. The highest BCUT2D eigenvalue weighted by molar-refractivity contribution is 5.77. The van der Waals surface area contributed by atoms with E-state index in [0.717, 1.165) is 26.2 Å². The van der Waals surface area contributed by atoms with E-state index in [0.29, 0.717) is 13.0 Å². The van der Waals surface area contributed by atoms with Gasteiger partial charge in [-0.25, -0.2) is 0 Å². The Kier molecular flexibility index (Phi) is 4.11. The highest BCUT2D eigenvalue weighted by atomic mass is 16.2. The standard InChI is InChI=1S/C11H23N3O/c1-11(2,9-12)8-10(15)14-6-4-13(3)5-7-14/h4-9,12H2,1-3H3. The molecule has 0 radical (unpaired) electrons. The first-order valence-corrected chi connectivity index (χ1v) is 5.61. The van der Waals surface area contributed by atoms with E-state index in [1.807, 2.05) is 18.7 Å². The highest BCUT2D eigenvalue weighted by Crippen LogP contribution is 2.19. The molecule has 1 amide bonds. The van der Waals surface area contributed by atoms with Crippen molar-refractivity contribution < 1.29 is 4.79 Å².